The summed E-state index contributed by atoms with van der Waals surface area (Å²) >= 11 is 0. The van der Waals surface area contributed by atoms with E-state index in [1.54, 1.807) is 48.5 Å². The molecule has 1 amide bonds. The molecule has 0 bridgehead atoms. The van der Waals surface area contributed by atoms with Gasteiger partial charge in [-0.3, -0.25) is 9.10 Å². The highest BCUT2D eigenvalue weighted by Gasteiger charge is 2.27. The van der Waals surface area contributed by atoms with Gasteiger partial charge in [0.15, 0.2) is 11.5 Å². The van der Waals surface area contributed by atoms with Crippen molar-refractivity contribution in [2.45, 2.75) is 18.7 Å². The third-order valence-electron chi connectivity index (χ3n) is 5.39. The summed E-state index contributed by atoms with van der Waals surface area (Å²) in [4.78, 5) is 12.8. The monoisotopic (exact) mass is 479 g/mol. The van der Waals surface area contributed by atoms with Gasteiger partial charge in [0.2, 0.25) is 0 Å². The molecule has 9 heteroatoms. The molecule has 0 saturated carbocycles. The van der Waals surface area contributed by atoms with E-state index in [0.717, 1.165) is 15.4 Å². The van der Waals surface area contributed by atoms with E-state index in [1.165, 1.54) is 18.3 Å². The molecule has 1 heterocycles. The van der Waals surface area contributed by atoms with Crippen LogP contribution in [0.25, 0.3) is 0 Å². The Bertz CT molecular complexity index is 1320. The number of para-hydroxylation sites is 1. The molecule has 176 valence electrons. The zero-order valence-electron chi connectivity index (χ0n) is 18.9. The lowest BCUT2D eigenvalue weighted by atomic mass is 10.1. The van der Waals surface area contributed by atoms with E-state index in [-0.39, 0.29) is 4.90 Å². The van der Waals surface area contributed by atoms with Crippen molar-refractivity contribution in [1.29, 1.82) is 0 Å². The van der Waals surface area contributed by atoms with Gasteiger partial charge in [-0.05, 0) is 61.4 Å². The van der Waals surface area contributed by atoms with Crippen LogP contribution in [0.15, 0.2) is 76.7 Å². The minimum Gasteiger partial charge on any atom is -0.486 e. The summed E-state index contributed by atoms with van der Waals surface area (Å²) in [6, 6.07) is 18.7. The number of fused-ring (bicyclic) bond motifs is 1. The molecule has 3 aromatic carbocycles. The van der Waals surface area contributed by atoms with Crippen LogP contribution in [0.2, 0.25) is 0 Å². The van der Waals surface area contributed by atoms with Crippen LogP contribution in [-0.2, 0) is 14.8 Å². The second kappa shape index (κ2) is 9.96. The van der Waals surface area contributed by atoms with Gasteiger partial charge in [0, 0.05) is 5.56 Å². The zero-order chi connectivity index (χ0) is 24.1. The molecular formula is C25H25N3O5S. The molecule has 1 aliphatic rings. The number of hydrogen-bond donors (Lipinski definition) is 1. The van der Waals surface area contributed by atoms with Crippen LogP contribution in [0.1, 0.15) is 16.7 Å². The van der Waals surface area contributed by atoms with Crippen LogP contribution in [-0.4, -0.2) is 40.3 Å². The smallest absolute Gasteiger partial charge is 0.264 e. The van der Waals surface area contributed by atoms with Crippen LogP contribution in [0.4, 0.5) is 5.69 Å². The number of sulfonamides is 1. The number of hydrogen-bond acceptors (Lipinski definition) is 6. The fourth-order valence-electron chi connectivity index (χ4n) is 3.45. The number of benzene rings is 3. The molecule has 3 aromatic rings. The molecule has 4 rings (SSSR count). The summed E-state index contributed by atoms with van der Waals surface area (Å²) < 4.78 is 39.1. The van der Waals surface area contributed by atoms with E-state index >= 15 is 0 Å². The average Bonchev–Trinajstić information content (AvgIpc) is 2.85. The number of aryl methyl sites for hydroxylation is 2. The summed E-state index contributed by atoms with van der Waals surface area (Å²) in [5.41, 5.74) is 5.39. The number of amides is 1. The van der Waals surface area contributed by atoms with Crippen molar-refractivity contribution >= 4 is 27.8 Å². The number of nitrogens with one attached hydrogen (secondary N) is 1. The Morgan fingerprint density at radius 1 is 1.00 bits per heavy atom. The molecule has 1 aliphatic heterocycles. The van der Waals surface area contributed by atoms with Gasteiger partial charge in [0.25, 0.3) is 15.9 Å². The van der Waals surface area contributed by atoms with Crippen LogP contribution < -0.4 is 19.2 Å². The number of nitrogens with zero attached hydrogens (tertiary/aromatic N) is 2. The van der Waals surface area contributed by atoms with Gasteiger partial charge in [-0.15, -0.1) is 0 Å². The Balaban J connectivity index is 1.56. The van der Waals surface area contributed by atoms with Gasteiger partial charge in [-0.2, -0.15) is 5.10 Å². The number of ether oxygens (including phenoxy) is 2. The first-order chi connectivity index (χ1) is 16.4. The van der Waals surface area contributed by atoms with Crippen molar-refractivity contribution in [2.75, 3.05) is 24.1 Å². The van der Waals surface area contributed by atoms with Gasteiger partial charge in [-0.25, -0.2) is 13.8 Å². The van der Waals surface area contributed by atoms with Gasteiger partial charge < -0.3 is 9.47 Å². The van der Waals surface area contributed by atoms with Crippen LogP contribution in [0, 0.1) is 13.8 Å². The summed E-state index contributed by atoms with van der Waals surface area (Å²) in [5.74, 6) is 0.572. The summed E-state index contributed by atoms with van der Waals surface area (Å²) in [5, 5.41) is 4.00. The molecule has 0 unspecified atom stereocenters. The van der Waals surface area contributed by atoms with Gasteiger partial charge >= 0.3 is 0 Å². The second-order valence-corrected chi connectivity index (χ2v) is 9.62. The number of rotatable bonds is 7. The number of carbonyl (C=O) groups excluding carboxylic acids is 1. The van der Waals surface area contributed by atoms with E-state index in [0.29, 0.717) is 36.0 Å². The second-order valence-electron chi connectivity index (χ2n) is 7.76. The number of anilines is 1. The van der Waals surface area contributed by atoms with E-state index < -0.39 is 22.5 Å². The quantitative estimate of drug-likeness (QED) is 0.414. The highest BCUT2D eigenvalue weighted by atomic mass is 32.2. The SMILES string of the molecule is Cc1ccc(N(CC(=O)N/N=C\c2cccc3c2OCCO3)S(=O)(=O)c2ccccc2)cc1C. The third kappa shape index (κ3) is 5.04. The molecule has 0 spiro atoms. The highest BCUT2D eigenvalue weighted by molar-refractivity contribution is 7.92. The first-order valence-electron chi connectivity index (χ1n) is 10.7. The fourth-order valence-corrected chi connectivity index (χ4v) is 4.89. The molecule has 0 fully saturated rings. The van der Waals surface area contributed by atoms with Gasteiger partial charge in [0.05, 0.1) is 16.8 Å². The topological polar surface area (TPSA) is 97.3 Å². The Labute approximate surface area is 198 Å². The van der Waals surface area contributed by atoms with Crippen molar-refractivity contribution in [3.8, 4) is 11.5 Å². The first-order valence-corrected chi connectivity index (χ1v) is 12.2. The van der Waals surface area contributed by atoms with E-state index in [4.69, 9.17) is 9.47 Å². The van der Waals surface area contributed by atoms with Gasteiger partial charge in [0.1, 0.15) is 19.8 Å². The number of carbonyl (C=O) groups is 1. The van der Waals surface area contributed by atoms with Crippen LogP contribution >= 0.6 is 0 Å². The standard InChI is InChI=1S/C25H25N3O5S/c1-18-11-12-21(15-19(18)2)28(34(30,31)22-8-4-3-5-9-22)17-24(29)27-26-16-20-7-6-10-23-25(20)33-14-13-32-23/h3-12,15-16H,13-14,17H2,1-2H3,(H,27,29)/b26-16-. The molecule has 0 aromatic heterocycles. The minimum atomic E-state index is -3.98. The molecule has 34 heavy (non-hydrogen) atoms. The van der Waals surface area contributed by atoms with E-state index in [1.807, 2.05) is 19.9 Å². The Hall–Kier alpha value is -3.85. The fraction of sp³-hybridized carbons (Fsp3) is 0.200. The molecule has 8 nitrogen and oxygen atoms in total. The van der Waals surface area contributed by atoms with Crippen molar-refractivity contribution in [3.05, 3.63) is 83.4 Å². The highest BCUT2D eigenvalue weighted by Crippen LogP contribution is 2.32. The lowest BCUT2D eigenvalue weighted by molar-refractivity contribution is -0.119. The zero-order valence-corrected chi connectivity index (χ0v) is 19.7. The molecular weight excluding hydrogens is 454 g/mol. The van der Waals surface area contributed by atoms with Crippen molar-refractivity contribution in [1.82, 2.24) is 5.43 Å². The van der Waals surface area contributed by atoms with Crippen molar-refractivity contribution in [3.63, 3.8) is 0 Å². The molecule has 0 aliphatic carbocycles. The maximum Gasteiger partial charge on any atom is 0.264 e. The van der Waals surface area contributed by atoms with E-state index in [2.05, 4.69) is 10.5 Å². The Kier molecular flexibility index (Phi) is 6.83. The maximum absolute atomic E-state index is 13.4. The van der Waals surface area contributed by atoms with Crippen LogP contribution in [0.5, 0.6) is 11.5 Å². The average molecular weight is 480 g/mol. The van der Waals surface area contributed by atoms with Gasteiger partial charge in [-0.1, -0.05) is 30.3 Å². The summed E-state index contributed by atoms with van der Waals surface area (Å²) in [6.07, 6.45) is 1.44. The normalized spacial score (nSPS) is 13.0. The maximum atomic E-state index is 13.4. The van der Waals surface area contributed by atoms with E-state index in [9.17, 15) is 13.2 Å². The number of hydrazone groups is 1. The van der Waals surface area contributed by atoms with Crippen molar-refractivity contribution in [2.24, 2.45) is 5.10 Å². The predicted molar refractivity (Wildman–Crippen MR) is 130 cm³/mol. The summed E-state index contributed by atoms with van der Waals surface area (Å²) in [6.45, 7) is 4.28. The van der Waals surface area contributed by atoms with Crippen LogP contribution in [0.3, 0.4) is 0 Å². The molecule has 0 saturated heterocycles. The Morgan fingerprint density at radius 3 is 2.53 bits per heavy atom. The molecule has 0 atom stereocenters. The lowest BCUT2D eigenvalue weighted by Gasteiger charge is -2.24. The lowest BCUT2D eigenvalue weighted by Crippen LogP contribution is -2.39. The third-order valence-corrected chi connectivity index (χ3v) is 7.17. The van der Waals surface area contributed by atoms with Crippen molar-refractivity contribution < 1.29 is 22.7 Å². The molecule has 1 N–H and O–H groups in total. The predicted octanol–water partition coefficient (Wildman–Crippen LogP) is 3.42. The Morgan fingerprint density at radius 2 is 1.76 bits per heavy atom. The summed E-state index contributed by atoms with van der Waals surface area (Å²) in [7, 11) is -3.98. The minimum absolute atomic E-state index is 0.0950. The first kappa shape index (κ1) is 23.3. The molecule has 0 radical (unpaired) electrons. The largest absolute Gasteiger partial charge is 0.486 e.